The summed E-state index contributed by atoms with van der Waals surface area (Å²) in [5, 5.41) is 0. The smallest absolute Gasteiger partial charge is 0.328 e. The summed E-state index contributed by atoms with van der Waals surface area (Å²) >= 11 is 1.17. The van der Waals surface area contributed by atoms with Crippen LogP contribution in [-0.4, -0.2) is 15.5 Å². The molecule has 0 atom stereocenters. The lowest BCUT2D eigenvalue weighted by atomic mass is 10.1. The van der Waals surface area contributed by atoms with Crippen molar-refractivity contribution in [2.75, 3.05) is 5.75 Å². The van der Waals surface area contributed by atoms with Gasteiger partial charge in [-0.1, -0.05) is 64.7 Å². The predicted octanol–water partition coefficient (Wildman–Crippen LogP) is 4.78. The van der Waals surface area contributed by atoms with E-state index in [-0.39, 0.29) is 0 Å². The molecule has 0 aliphatic carbocycles. The van der Waals surface area contributed by atoms with E-state index in [1.807, 2.05) is 0 Å². The van der Waals surface area contributed by atoms with Gasteiger partial charge in [-0.25, -0.2) is 3.97 Å². The van der Waals surface area contributed by atoms with Crippen molar-refractivity contribution in [1.82, 2.24) is 0 Å². The topological polar surface area (TPSA) is 49.7 Å². The van der Waals surface area contributed by atoms with Gasteiger partial charge in [-0.05, 0) is 6.42 Å². The molecule has 0 aliphatic rings. The van der Waals surface area contributed by atoms with Gasteiger partial charge < -0.3 is 9.79 Å². The lowest BCUT2D eigenvalue weighted by molar-refractivity contribution is 0.397. The minimum atomic E-state index is -2.18. The lowest BCUT2D eigenvalue weighted by Gasteiger charge is -2.03. The van der Waals surface area contributed by atoms with Crippen molar-refractivity contribution >= 4 is 20.6 Å². The lowest BCUT2D eigenvalue weighted by Crippen LogP contribution is -1.84. The standard InChI is InChI=1S/C12H27O3PS/c1-2-3-4-5-6-7-8-9-10-11-12-17-15-16(13)14/h13-14H,2-12H2,1H3. The molecular formula is C12H27O3PS. The van der Waals surface area contributed by atoms with Crippen molar-refractivity contribution in [3.63, 3.8) is 0 Å². The fourth-order valence-electron chi connectivity index (χ4n) is 1.73. The fourth-order valence-corrected chi connectivity index (χ4v) is 2.73. The SMILES string of the molecule is CCCCCCCCCCCCSOP(O)O. The highest BCUT2D eigenvalue weighted by Crippen LogP contribution is 2.31. The van der Waals surface area contributed by atoms with Crippen molar-refractivity contribution in [2.24, 2.45) is 0 Å². The van der Waals surface area contributed by atoms with Crippen LogP contribution in [-0.2, 0) is 3.97 Å². The van der Waals surface area contributed by atoms with Crippen LogP contribution in [0, 0.1) is 0 Å². The summed E-state index contributed by atoms with van der Waals surface area (Å²) in [7, 11) is -2.18. The molecule has 5 heteroatoms. The molecule has 0 fully saturated rings. The van der Waals surface area contributed by atoms with Gasteiger partial charge in [0.1, 0.15) is 0 Å². The van der Waals surface area contributed by atoms with E-state index < -0.39 is 8.60 Å². The maximum Gasteiger partial charge on any atom is 0.339 e. The van der Waals surface area contributed by atoms with E-state index in [1.165, 1.54) is 69.8 Å². The van der Waals surface area contributed by atoms with Crippen molar-refractivity contribution in [3.05, 3.63) is 0 Å². The minimum absolute atomic E-state index is 0.858. The van der Waals surface area contributed by atoms with E-state index in [2.05, 4.69) is 10.9 Å². The van der Waals surface area contributed by atoms with Crippen LogP contribution >= 0.6 is 20.6 Å². The summed E-state index contributed by atoms with van der Waals surface area (Å²) < 4.78 is 4.62. The Balaban J connectivity index is 2.89. The Bertz CT molecular complexity index is 148. The first-order chi connectivity index (χ1) is 8.27. The molecule has 0 rings (SSSR count). The minimum Gasteiger partial charge on any atom is -0.328 e. The first kappa shape index (κ1) is 17.7. The molecule has 17 heavy (non-hydrogen) atoms. The molecular weight excluding hydrogens is 255 g/mol. The Labute approximate surface area is 112 Å². The Morgan fingerprint density at radius 1 is 0.824 bits per heavy atom. The van der Waals surface area contributed by atoms with Crippen LogP contribution in [0.2, 0.25) is 0 Å². The van der Waals surface area contributed by atoms with E-state index in [4.69, 9.17) is 9.79 Å². The van der Waals surface area contributed by atoms with Crippen LogP contribution in [0.5, 0.6) is 0 Å². The zero-order chi connectivity index (χ0) is 12.8. The number of hydrogen-bond acceptors (Lipinski definition) is 4. The molecule has 0 unspecified atom stereocenters. The number of unbranched alkanes of at least 4 members (excludes halogenated alkanes) is 9. The average Bonchev–Trinajstić information content (AvgIpc) is 2.30. The summed E-state index contributed by atoms with van der Waals surface area (Å²) in [6.07, 6.45) is 13.2. The van der Waals surface area contributed by atoms with Crippen molar-refractivity contribution in [2.45, 2.75) is 71.1 Å². The molecule has 0 aliphatic heterocycles. The summed E-state index contributed by atoms with van der Waals surface area (Å²) in [4.78, 5) is 17.0. The van der Waals surface area contributed by atoms with Gasteiger partial charge in [-0.3, -0.25) is 0 Å². The van der Waals surface area contributed by atoms with E-state index in [0.717, 1.165) is 12.2 Å². The molecule has 0 amide bonds. The molecule has 0 aromatic rings. The Kier molecular flexibility index (Phi) is 15.3. The van der Waals surface area contributed by atoms with E-state index in [1.54, 1.807) is 0 Å². The van der Waals surface area contributed by atoms with Crippen LogP contribution in [0.3, 0.4) is 0 Å². The van der Waals surface area contributed by atoms with Crippen LogP contribution in [0.1, 0.15) is 71.1 Å². The van der Waals surface area contributed by atoms with E-state index >= 15 is 0 Å². The second-order valence-corrected chi connectivity index (χ2v) is 6.08. The van der Waals surface area contributed by atoms with Gasteiger partial charge in [0.15, 0.2) is 0 Å². The summed E-state index contributed by atoms with van der Waals surface area (Å²) in [5.41, 5.74) is 0. The molecule has 0 aromatic heterocycles. The molecule has 0 saturated carbocycles. The van der Waals surface area contributed by atoms with Gasteiger partial charge in [-0.2, -0.15) is 0 Å². The third kappa shape index (κ3) is 16.7. The summed E-state index contributed by atoms with van der Waals surface area (Å²) in [6, 6.07) is 0. The Morgan fingerprint density at radius 3 is 1.76 bits per heavy atom. The molecule has 0 heterocycles. The second kappa shape index (κ2) is 14.7. The predicted molar refractivity (Wildman–Crippen MR) is 76.7 cm³/mol. The van der Waals surface area contributed by atoms with Crippen LogP contribution in [0.25, 0.3) is 0 Å². The third-order valence-electron chi connectivity index (χ3n) is 2.70. The summed E-state index contributed by atoms with van der Waals surface area (Å²) in [6.45, 7) is 2.25. The maximum absolute atomic E-state index is 8.49. The molecule has 0 bridgehead atoms. The van der Waals surface area contributed by atoms with Crippen LogP contribution < -0.4 is 0 Å². The normalized spacial score (nSPS) is 11.3. The number of rotatable bonds is 13. The van der Waals surface area contributed by atoms with E-state index in [9.17, 15) is 0 Å². The van der Waals surface area contributed by atoms with Gasteiger partial charge in [0.25, 0.3) is 0 Å². The first-order valence-corrected chi connectivity index (χ1v) is 8.82. The molecule has 0 spiro atoms. The highest BCUT2D eigenvalue weighted by molar-refractivity contribution is 7.97. The quantitative estimate of drug-likeness (QED) is 0.290. The first-order valence-electron chi connectivity index (χ1n) is 6.75. The highest BCUT2D eigenvalue weighted by atomic mass is 32.2. The molecule has 104 valence electrons. The zero-order valence-corrected chi connectivity index (χ0v) is 12.6. The molecule has 0 radical (unpaired) electrons. The average molecular weight is 282 g/mol. The summed E-state index contributed by atoms with van der Waals surface area (Å²) in [5.74, 6) is 0.858. The van der Waals surface area contributed by atoms with Crippen molar-refractivity contribution in [3.8, 4) is 0 Å². The van der Waals surface area contributed by atoms with E-state index in [0.29, 0.717) is 0 Å². The van der Waals surface area contributed by atoms with Crippen LogP contribution in [0.4, 0.5) is 0 Å². The van der Waals surface area contributed by atoms with Gasteiger partial charge in [0, 0.05) is 17.8 Å². The van der Waals surface area contributed by atoms with Gasteiger partial charge in [0.05, 0.1) is 0 Å². The second-order valence-electron chi connectivity index (χ2n) is 4.33. The Morgan fingerprint density at radius 2 is 1.29 bits per heavy atom. The van der Waals surface area contributed by atoms with Crippen molar-refractivity contribution < 1.29 is 13.8 Å². The molecule has 3 nitrogen and oxygen atoms in total. The van der Waals surface area contributed by atoms with Gasteiger partial charge in [-0.15, -0.1) is 0 Å². The van der Waals surface area contributed by atoms with Gasteiger partial charge in [0.2, 0.25) is 0 Å². The molecule has 0 aromatic carbocycles. The Hall–Kier alpha value is 0.660. The highest BCUT2D eigenvalue weighted by Gasteiger charge is 1.99. The fraction of sp³-hybridized carbons (Fsp3) is 1.00. The largest absolute Gasteiger partial charge is 0.339 e. The maximum atomic E-state index is 8.49. The number of hydrogen-bond donors (Lipinski definition) is 2. The molecule has 0 saturated heterocycles. The third-order valence-corrected chi connectivity index (χ3v) is 4.11. The van der Waals surface area contributed by atoms with Gasteiger partial charge >= 0.3 is 8.60 Å². The van der Waals surface area contributed by atoms with Crippen LogP contribution in [0.15, 0.2) is 0 Å². The molecule has 2 N–H and O–H groups in total. The zero-order valence-electron chi connectivity index (χ0n) is 10.9. The monoisotopic (exact) mass is 282 g/mol. The van der Waals surface area contributed by atoms with Crippen molar-refractivity contribution in [1.29, 1.82) is 0 Å².